The molecule has 0 radical (unpaired) electrons. The highest BCUT2D eigenvalue weighted by Crippen LogP contribution is 2.47. The van der Waals surface area contributed by atoms with Gasteiger partial charge in [-0.15, -0.1) is 0 Å². The number of ketones is 1. The van der Waals surface area contributed by atoms with E-state index >= 15 is 0 Å². The van der Waals surface area contributed by atoms with Crippen molar-refractivity contribution in [3.63, 3.8) is 0 Å². The average molecular weight is 412 g/mol. The summed E-state index contributed by atoms with van der Waals surface area (Å²) >= 11 is 0. The van der Waals surface area contributed by atoms with E-state index in [0.29, 0.717) is 35.2 Å². The molecule has 2 aliphatic rings. The van der Waals surface area contributed by atoms with Crippen LogP contribution < -0.4 is 19.1 Å². The van der Waals surface area contributed by atoms with Gasteiger partial charge in [-0.2, -0.15) is 0 Å². The number of rotatable bonds is 6. The second-order valence-corrected chi connectivity index (χ2v) is 8.16. The molecule has 0 amide bonds. The van der Waals surface area contributed by atoms with Crippen molar-refractivity contribution in [1.82, 2.24) is 4.98 Å². The number of aromatic nitrogens is 1. The van der Waals surface area contributed by atoms with Crippen LogP contribution in [0.3, 0.4) is 0 Å². The largest absolute Gasteiger partial charge is 0.493 e. The van der Waals surface area contributed by atoms with E-state index in [2.05, 4.69) is 21.8 Å². The van der Waals surface area contributed by atoms with E-state index in [1.165, 1.54) is 6.42 Å². The third-order valence-electron chi connectivity index (χ3n) is 6.30. The molecule has 0 unspecified atom stereocenters. The Morgan fingerprint density at radius 1 is 1.07 bits per heavy atom. The highest BCUT2D eigenvalue weighted by molar-refractivity contribution is 6.09. The van der Waals surface area contributed by atoms with Gasteiger partial charge in [0.25, 0.3) is 0 Å². The fourth-order valence-electron chi connectivity index (χ4n) is 4.60. The minimum Gasteiger partial charge on any atom is -0.493 e. The summed E-state index contributed by atoms with van der Waals surface area (Å²) in [5.74, 6) is 2.55. The molecule has 0 spiro atoms. The van der Waals surface area contributed by atoms with Gasteiger partial charge in [-0.1, -0.05) is 26.2 Å². The monoisotopic (exact) mass is 411 g/mol. The third-order valence-corrected chi connectivity index (χ3v) is 6.30. The number of nitrogens with zero attached hydrogens (tertiary/aromatic N) is 2. The van der Waals surface area contributed by atoms with Crippen molar-refractivity contribution >= 4 is 29.2 Å². The molecular weight excluding hydrogens is 382 g/mol. The molecule has 30 heavy (non-hydrogen) atoms. The van der Waals surface area contributed by atoms with E-state index in [-0.39, 0.29) is 11.2 Å². The maximum absolute atomic E-state index is 13.6. The number of H-pyrrole nitrogens is 1. The third kappa shape index (κ3) is 3.32. The van der Waals surface area contributed by atoms with Crippen LogP contribution in [-0.2, 0) is 0 Å². The standard InChI is InChI=1S/C23H29N3O4/c1-23(8-6-5-7-9-23)21(27)16-14-25-22-19(16)26(11-10-24-22)15-12-17(28-2)20(30-4)18(13-15)29-3/h10,12-14,25H,5-9,11H2,1-4H3. The topological polar surface area (TPSA) is 76.2 Å². The van der Waals surface area contributed by atoms with Crippen molar-refractivity contribution in [2.24, 2.45) is 10.4 Å². The summed E-state index contributed by atoms with van der Waals surface area (Å²) in [6.07, 6.45) is 8.90. The van der Waals surface area contributed by atoms with Gasteiger partial charge in [0, 0.05) is 35.6 Å². The number of methoxy groups -OCH3 is 3. The van der Waals surface area contributed by atoms with E-state index in [9.17, 15) is 4.79 Å². The van der Waals surface area contributed by atoms with Crippen molar-refractivity contribution in [3.8, 4) is 17.2 Å². The average Bonchev–Trinajstić information content (AvgIpc) is 3.22. The van der Waals surface area contributed by atoms with E-state index in [4.69, 9.17) is 14.2 Å². The Morgan fingerprint density at radius 2 is 1.73 bits per heavy atom. The number of hydrogen-bond donors (Lipinski definition) is 1. The normalized spacial score (nSPS) is 17.4. The molecular formula is C23H29N3O4. The number of anilines is 2. The maximum Gasteiger partial charge on any atom is 0.203 e. The second-order valence-electron chi connectivity index (χ2n) is 8.16. The molecule has 0 atom stereocenters. The lowest BCUT2D eigenvalue weighted by molar-refractivity contribution is 0.0750. The van der Waals surface area contributed by atoms with Gasteiger partial charge in [0.05, 0.1) is 39.1 Å². The molecule has 1 saturated carbocycles. The Hall–Kier alpha value is -2.96. The summed E-state index contributed by atoms with van der Waals surface area (Å²) < 4.78 is 16.5. The van der Waals surface area contributed by atoms with Crippen LogP contribution in [0.5, 0.6) is 17.2 Å². The van der Waals surface area contributed by atoms with Crippen LogP contribution in [0.1, 0.15) is 49.4 Å². The van der Waals surface area contributed by atoms with Gasteiger partial charge in [-0.05, 0) is 12.8 Å². The van der Waals surface area contributed by atoms with E-state index in [0.717, 1.165) is 37.1 Å². The predicted molar refractivity (Wildman–Crippen MR) is 118 cm³/mol. The lowest BCUT2D eigenvalue weighted by Gasteiger charge is -2.33. The maximum atomic E-state index is 13.6. The number of fused-ring (bicyclic) bond motifs is 1. The molecule has 0 bridgehead atoms. The van der Waals surface area contributed by atoms with Gasteiger partial charge < -0.3 is 24.1 Å². The van der Waals surface area contributed by atoms with Gasteiger partial charge in [0.1, 0.15) is 0 Å². The number of aromatic amines is 1. The Kier molecular flexibility index (Phi) is 5.45. The number of hydrogen-bond acceptors (Lipinski definition) is 6. The number of benzene rings is 1. The molecule has 2 heterocycles. The first-order valence-electron chi connectivity index (χ1n) is 10.4. The Morgan fingerprint density at radius 3 is 2.33 bits per heavy atom. The van der Waals surface area contributed by atoms with Crippen molar-refractivity contribution in [1.29, 1.82) is 0 Å². The van der Waals surface area contributed by atoms with Gasteiger partial charge >= 0.3 is 0 Å². The summed E-state index contributed by atoms with van der Waals surface area (Å²) in [5.41, 5.74) is 2.03. The van der Waals surface area contributed by atoms with Crippen LogP contribution in [0.25, 0.3) is 0 Å². The molecule has 0 saturated heterocycles. The molecule has 2 aromatic rings. The fourth-order valence-corrected chi connectivity index (χ4v) is 4.60. The van der Waals surface area contributed by atoms with Crippen LogP contribution in [0, 0.1) is 5.41 Å². The van der Waals surface area contributed by atoms with Crippen molar-refractivity contribution in [2.45, 2.75) is 39.0 Å². The molecule has 7 nitrogen and oxygen atoms in total. The van der Waals surface area contributed by atoms with E-state index in [1.54, 1.807) is 27.5 Å². The molecule has 1 fully saturated rings. The van der Waals surface area contributed by atoms with Crippen molar-refractivity contribution in [3.05, 3.63) is 23.9 Å². The summed E-state index contributed by atoms with van der Waals surface area (Å²) in [6.45, 7) is 2.64. The number of carbonyl (C=O) groups is 1. The van der Waals surface area contributed by atoms with Gasteiger partial charge in [0.15, 0.2) is 23.1 Å². The minimum atomic E-state index is -0.323. The highest BCUT2D eigenvalue weighted by atomic mass is 16.5. The van der Waals surface area contributed by atoms with E-state index < -0.39 is 0 Å². The molecule has 1 aromatic carbocycles. The number of nitrogens with one attached hydrogen (secondary N) is 1. The Bertz CT molecular complexity index is 948. The highest BCUT2D eigenvalue weighted by Gasteiger charge is 2.38. The van der Waals surface area contributed by atoms with Crippen molar-refractivity contribution < 1.29 is 19.0 Å². The molecule has 1 aliphatic carbocycles. The van der Waals surface area contributed by atoms with Crippen LogP contribution in [0.4, 0.5) is 17.2 Å². The number of ether oxygens (including phenoxy) is 3. The summed E-state index contributed by atoms with van der Waals surface area (Å²) in [5, 5.41) is 0. The first kappa shape index (κ1) is 20.3. The molecule has 7 heteroatoms. The molecule has 4 rings (SSSR count). The number of Topliss-reactive ketones (excluding diaryl/α,β-unsaturated/α-hetero) is 1. The quantitative estimate of drug-likeness (QED) is 0.674. The smallest absolute Gasteiger partial charge is 0.203 e. The van der Waals surface area contributed by atoms with Crippen LogP contribution in [0.15, 0.2) is 23.3 Å². The SMILES string of the molecule is COc1cc(N2CC=Nc3[nH]cc(C(=O)C4(C)CCCCC4)c32)cc(OC)c1OC. The number of aliphatic imine (C=N–C) groups is 1. The molecule has 1 aliphatic heterocycles. The zero-order valence-electron chi connectivity index (χ0n) is 18.1. The van der Waals surface area contributed by atoms with Crippen LogP contribution >= 0.6 is 0 Å². The Balaban J connectivity index is 1.79. The van der Waals surface area contributed by atoms with Crippen molar-refractivity contribution in [2.75, 3.05) is 32.8 Å². The molecule has 1 N–H and O–H groups in total. The molecule has 160 valence electrons. The van der Waals surface area contributed by atoms with Gasteiger partial charge in [-0.3, -0.25) is 4.79 Å². The van der Waals surface area contributed by atoms with Crippen LogP contribution in [0.2, 0.25) is 0 Å². The summed E-state index contributed by atoms with van der Waals surface area (Å²) in [6, 6.07) is 3.79. The fraction of sp³-hybridized carbons (Fsp3) is 0.478. The predicted octanol–water partition coefficient (Wildman–Crippen LogP) is 5.05. The summed E-state index contributed by atoms with van der Waals surface area (Å²) in [7, 11) is 4.78. The zero-order valence-corrected chi connectivity index (χ0v) is 18.1. The molecule has 1 aromatic heterocycles. The zero-order chi connectivity index (χ0) is 21.3. The minimum absolute atomic E-state index is 0.189. The lowest BCUT2D eigenvalue weighted by Crippen LogP contribution is -2.32. The first-order valence-corrected chi connectivity index (χ1v) is 10.4. The van der Waals surface area contributed by atoms with Crippen LogP contribution in [-0.4, -0.2) is 44.9 Å². The first-order chi connectivity index (χ1) is 14.5. The van der Waals surface area contributed by atoms with Gasteiger partial charge in [0.2, 0.25) is 5.75 Å². The van der Waals surface area contributed by atoms with Gasteiger partial charge in [-0.25, -0.2) is 4.99 Å². The number of carbonyl (C=O) groups excluding carboxylic acids is 1. The Labute approximate surface area is 177 Å². The lowest BCUT2D eigenvalue weighted by atomic mass is 9.71. The van der Waals surface area contributed by atoms with E-state index in [1.807, 2.05) is 18.3 Å². The second kappa shape index (κ2) is 8.05. The summed E-state index contributed by atoms with van der Waals surface area (Å²) in [4.78, 5) is 23.4.